The first-order chi connectivity index (χ1) is 13.5. The Hall–Kier alpha value is -3.06. The molecule has 0 radical (unpaired) electrons. The fourth-order valence-corrected chi connectivity index (χ4v) is 3.23. The number of benzene rings is 2. The van der Waals surface area contributed by atoms with E-state index < -0.39 is 11.6 Å². The summed E-state index contributed by atoms with van der Waals surface area (Å²) in [7, 11) is 0. The number of rotatable bonds is 4. The largest absolute Gasteiger partial charge is 0.315 e. The third kappa shape index (κ3) is 3.07. The van der Waals surface area contributed by atoms with Gasteiger partial charge in [-0.2, -0.15) is 0 Å². The molecule has 0 N–H and O–H groups in total. The topological polar surface area (TPSA) is 52.7 Å². The van der Waals surface area contributed by atoms with Crippen molar-refractivity contribution in [2.45, 2.75) is 19.9 Å². The summed E-state index contributed by atoms with van der Waals surface area (Å²) in [6.07, 6.45) is 1.48. The Bertz CT molecular complexity index is 1230. The standard InChI is InChI=1S/C20H15ClF2N4O/c1-2-26-11-24-18-19(26)25-16(10-12-4-3-5-15(22)17(12)23)27(20(18)28)14-8-6-13(21)7-9-14/h3-9,11H,2,10H2,1H3. The van der Waals surface area contributed by atoms with Crippen LogP contribution in [-0.4, -0.2) is 19.1 Å². The summed E-state index contributed by atoms with van der Waals surface area (Å²) in [5.41, 5.74) is 0.856. The third-order valence-corrected chi connectivity index (χ3v) is 4.77. The summed E-state index contributed by atoms with van der Waals surface area (Å²) in [6.45, 7) is 2.47. The molecule has 0 amide bonds. The first kappa shape index (κ1) is 18.3. The van der Waals surface area contributed by atoms with Crippen LogP contribution in [0.25, 0.3) is 16.9 Å². The molecule has 0 spiro atoms. The lowest BCUT2D eigenvalue weighted by atomic mass is 10.1. The molecular weight excluding hydrogens is 386 g/mol. The zero-order chi connectivity index (χ0) is 19.8. The molecule has 0 aliphatic rings. The van der Waals surface area contributed by atoms with Gasteiger partial charge in [0.2, 0.25) is 0 Å². The summed E-state index contributed by atoms with van der Waals surface area (Å²) >= 11 is 5.95. The predicted molar refractivity (Wildman–Crippen MR) is 103 cm³/mol. The zero-order valence-corrected chi connectivity index (χ0v) is 15.6. The van der Waals surface area contributed by atoms with Crippen molar-refractivity contribution in [3.8, 4) is 5.69 Å². The maximum atomic E-state index is 14.2. The van der Waals surface area contributed by atoms with Crippen molar-refractivity contribution in [3.05, 3.63) is 87.2 Å². The molecule has 0 saturated carbocycles. The van der Waals surface area contributed by atoms with Gasteiger partial charge in [0, 0.05) is 18.0 Å². The molecule has 2 aromatic heterocycles. The van der Waals surface area contributed by atoms with Crippen molar-refractivity contribution in [1.82, 2.24) is 19.1 Å². The van der Waals surface area contributed by atoms with Crippen LogP contribution < -0.4 is 5.56 Å². The number of aryl methyl sites for hydroxylation is 1. The van der Waals surface area contributed by atoms with Crippen molar-refractivity contribution in [3.63, 3.8) is 0 Å². The van der Waals surface area contributed by atoms with E-state index in [0.717, 1.165) is 6.07 Å². The van der Waals surface area contributed by atoms with Crippen LogP contribution in [0.2, 0.25) is 5.02 Å². The van der Waals surface area contributed by atoms with E-state index in [-0.39, 0.29) is 28.9 Å². The highest BCUT2D eigenvalue weighted by molar-refractivity contribution is 6.30. The number of hydrogen-bond donors (Lipinski definition) is 0. The molecule has 0 fully saturated rings. The monoisotopic (exact) mass is 400 g/mol. The van der Waals surface area contributed by atoms with E-state index in [2.05, 4.69) is 9.97 Å². The van der Waals surface area contributed by atoms with Crippen LogP contribution in [0.15, 0.2) is 53.6 Å². The first-order valence-electron chi connectivity index (χ1n) is 8.65. The van der Waals surface area contributed by atoms with Gasteiger partial charge < -0.3 is 4.57 Å². The molecule has 2 aromatic carbocycles. The van der Waals surface area contributed by atoms with Crippen LogP contribution in [0.5, 0.6) is 0 Å². The summed E-state index contributed by atoms with van der Waals surface area (Å²) in [4.78, 5) is 21.9. The van der Waals surface area contributed by atoms with Crippen LogP contribution in [0.4, 0.5) is 8.78 Å². The summed E-state index contributed by atoms with van der Waals surface area (Å²) in [5.74, 6) is -1.62. The average molecular weight is 401 g/mol. The second-order valence-corrected chi connectivity index (χ2v) is 6.67. The molecule has 4 rings (SSSR count). The molecule has 0 bridgehead atoms. The van der Waals surface area contributed by atoms with Gasteiger partial charge in [0.05, 0.1) is 12.0 Å². The lowest BCUT2D eigenvalue weighted by Crippen LogP contribution is -2.25. The summed E-state index contributed by atoms with van der Waals surface area (Å²) in [5, 5.41) is 0.513. The van der Waals surface area contributed by atoms with Crippen molar-refractivity contribution in [2.75, 3.05) is 0 Å². The molecular formula is C20H15ClF2N4O. The molecule has 0 unspecified atom stereocenters. The molecule has 28 heavy (non-hydrogen) atoms. The predicted octanol–water partition coefficient (Wildman–Crippen LogP) is 4.12. The van der Waals surface area contributed by atoms with Gasteiger partial charge >= 0.3 is 0 Å². The van der Waals surface area contributed by atoms with Crippen LogP contribution in [0.3, 0.4) is 0 Å². The second kappa shape index (κ2) is 7.16. The minimum absolute atomic E-state index is 0.0632. The van der Waals surface area contributed by atoms with E-state index >= 15 is 0 Å². The minimum Gasteiger partial charge on any atom is -0.315 e. The Morgan fingerprint density at radius 2 is 1.86 bits per heavy atom. The highest BCUT2D eigenvalue weighted by atomic mass is 35.5. The molecule has 0 aliphatic heterocycles. The number of nitrogens with zero attached hydrogens (tertiary/aromatic N) is 4. The zero-order valence-electron chi connectivity index (χ0n) is 14.9. The molecule has 0 aliphatic carbocycles. The molecule has 4 aromatic rings. The molecule has 0 saturated heterocycles. The average Bonchev–Trinajstić information content (AvgIpc) is 3.10. The Morgan fingerprint density at radius 3 is 2.57 bits per heavy atom. The lowest BCUT2D eigenvalue weighted by molar-refractivity contribution is 0.499. The smallest absolute Gasteiger partial charge is 0.286 e. The number of halogens is 3. The van der Waals surface area contributed by atoms with Crippen molar-refractivity contribution >= 4 is 22.8 Å². The maximum Gasteiger partial charge on any atom is 0.286 e. The van der Waals surface area contributed by atoms with Crippen LogP contribution in [0.1, 0.15) is 18.3 Å². The first-order valence-corrected chi connectivity index (χ1v) is 9.03. The number of hydrogen-bond acceptors (Lipinski definition) is 3. The van der Waals surface area contributed by atoms with Gasteiger partial charge in [-0.1, -0.05) is 23.7 Å². The van der Waals surface area contributed by atoms with E-state index in [4.69, 9.17) is 11.6 Å². The van der Waals surface area contributed by atoms with Crippen molar-refractivity contribution in [2.24, 2.45) is 0 Å². The van der Waals surface area contributed by atoms with Crippen LogP contribution in [0, 0.1) is 11.6 Å². The Balaban J connectivity index is 1.98. The number of fused-ring (bicyclic) bond motifs is 1. The SMILES string of the molecule is CCn1cnc2c(=O)n(-c3ccc(Cl)cc3)c(Cc3cccc(F)c3F)nc21. The van der Waals surface area contributed by atoms with Gasteiger partial charge in [0.1, 0.15) is 5.82 Å². The molecule has 2 heterocycles. The second-order valence-electron chi connectivity index (χ2n) is 6.24. The highest BCUT2D eigenvalue weighted by Gasteiger charge is 2.18. The summed E-state index contributed by atoms with van der Waals surface area (Å²) < 4.78 is 31.0. The maximum absolute atomic E-state index is 14.2. The normalized spacial score (nSPS) is 11.3. The van der Waals surface area contributed by atoms with Gasteiger partial charge in [0.25, 0.3) is 5.56 Å². The van der Waals surface area contributed by atoms with Crippen LogP contribution >= 0.6 is 11.6 Å². The Morgan fingerprint density at radius 1 is 1.11 bits per heavy atom. The van der Waals surface area contributed by atoms with Crippen LogP contribution in [-0.2, 0) is 13.0 Å². The minimum atomic E-state index is -0.955. The highest BCUT2D eigenvalue weighted by Crippen LogP contribution is 2.20. The van der Waals surface area contributed by atoms with Gasteiger partial charge in [-0.05, 0) is 42.8 Å². The van der Waals surface area contributed by atoms with E-state index in [9.17, 15) is 13.6 Å². The number of imidazole rings is 1. The fraction of sp³-hybridized carbons (Fsp3) is 0.150. The molecule has 8 heteroatoms. The van der Waals surface area contributed by atoms with E-state index in [1.807, 2.05) is 6.92 Å². The van der Waals surface area contributed by atoms with E-state index in [0.29, 0.717) is 22.9 Å². The van der Waals surface area contributed by atoms with Gasteiger partial charge in [-0.15, -0.1) is 0 Å². The fourth-order valence-electron chi connectivity index (χ4n) is 3.10. The lowest BCUT2D eigenvalue weighted by Gasteiger charge is -2.13. The summed E-state index contributed by atoms with van der Waals surface area (Å²) in [6, 6.07) is 10.6. The van der Waals surface area contributed by atoms with Crippen molar-refractivity contribution in [1.29, 1.82) is 0 Å². The molecule has 0 atom stereocenters. The van der Waals surface area contributed by atoms with E-state index in [1.165, 1.54) is 23.0 Å². The van der Waals surface area contributed by atoms with E-state index in [1.54, 1.807) is 28.8 Å². The molecule has 142 valence electrons. The van der Waals surface area contributed by atoms with Crippen molar-refractivity contribution < 1.29 is 8.78 Å². The third-order valence-electron chi connectivity index (χ3n) is 4.51. The van der Waals surface area contributed by atoms with Gasteiger partial charge in [-0.3, -0.25) is 9.36 Å². The quantitative estimate of drug-likeness (QED) is 0.517. The Labute approximate surface area is 163 Å². The molecule has 5 nitrogen and oxygen atoms in total. The number of aromatic nitrogens is 4. The Kier molecular flexibility index (Phi) is 4.68. The van der Waals surface area contributed by atoms with Gasteiger partial charge in [0.15, 0.2) is 22.8 Å². The van der Waals surface area contributed by atoms with Gasteiger partial charge in [-0.25, -0.2) is 18.7 Å².